The average molecular weight is 262 g/mol. The van der Waals surface area contributed by atoms with Gasteiger partial charge < -0.3 is 4.43 Å². The van der Waals surface area contributed by atoms with Gasteiger partial charge in [0.25, 0.3) is 0 Å². The number of H-pyrrole nitrogens is 1. The molecular weight excluding hydrogens is 240 g/mol. The Morgan fingerprint density at radius 2 is 2.00 bits per heavy atom. The van der Waals surface area contributed by atoms with Gasteiger partial charge in [0.05, 0.1) is 12.1 Å². The number of aromatic nitrogens is 2. The van der Waals surface area contributed by atoms with Gasteiger partial charge in [0.2, 0.25) is 0 Å². The second-order valence-electron chi connectivity index (χ2n) is 6.33. The number of hydrogen-bond donors (Lipinski definition) is 1. The van der Waals surface area contributed by atoms with Crippen LogP contribution in [0, 0.1) is 0 Å². The molecule has 98 valence electrons. The summed E-state index contributed by atoms with van der Waals surface area (Å²) in [5, 5.41) is 8.48. The molecule has 1 aromatic heterocycles. The lowest BCUT2D eigenvalue weighted by atomic mass is 10.2. The third-order valence-corrected chi connectivity index (χ3v) is 8.38. The van der Waals surface area contributed by atoms with Crippen molar-refractivity contribution >= 4 is 19.2 Å². The first kappa shape index (κ1) is 13.3. The zero-order chi connectivity index (χ0) is 13.4. The van der Waals surface area contributed by atoms with Crippen molar-refractivity contribution in [3.05, 3.63) is 30.0 Å². The van der Waals surface area contributed by atoms with Crippen molar-refractivity contribution in [1.82, 2.24) is 10.2 Å². The smallest absolute Gasteiger partial charge is 0.192 e. The van der Waals surface area contributed by atoms with E-state index in [1.807, 2.05) is 6.20 Å². The molecule has 0 bridgehead atoms. The van der Waals surface area contributed by atoms with Gasteiger partial charge in [-0.25, -0.2) is 0 Å². The van der Waals surface area contributed by atoms with E-state index in [-0.39, 0.29) is 5.04 Å². The van der Waals surface area contributed by atoms with Crippen LogP contribution in [-0.4, -0.2) is 18.5 Å². The van der Waals surface area contributed by atoms with Gasteiger partial charge >= 0.3 is 0 Å². The van der Waals surface area contributed by atoms with E-state index in [0.29, 0.717) is 6.61 Å². The molecular formula is C14H22N2OSi. The number of rotatable bonds is 3. The van der Waals surface area contributed by atoms with Gasteiger partial charge in [-0.2, -0.15) is 5.10 Å². The van der Waals surface area contributed by atoms with E-state index >= 15 is 0 Å². The van der Waals surface area contributed by atoms with Crippen molar-refractivity contribution in [3.8, 4) is 0 Å². The predicted molar refractivity (Wildman–Crippen MR) is 78.1 cm³/mol. The summed E-state index contributed by atoms with van der Waals surface area (Å²) in [6.07, 6.45) is 1.91. The zero-order valence-electron chi connectivity index (χ0n) is 11.9. The molecule has 0 unspecified atom stereocenters. The van der Waals surface area contributed by atoms with Gasteiger partial charge in [-0.05, 0) is 29.8 Å². The highest BCUT2D eigenvalue weighted by Crippen LogP contribution is 2.37. The molecule has 2 aromatic rings. The molecule has 18 heavy (non-hydrogen) atoms. The van der Waals surface area contributed by atoms with Crippen LogP contribution in [0.25, 0.3) is 10.9 Å². The number of nitrogens with zero attached hydrogens (tertiary/aromatic N) is 1. The molecule has 0 fully saturated rings. The third kappa shape index (κ3) is 2.65. The SMILES string of the molecule is CC(C)(C)[Si](C)(C)OCc1ccc2c[nH]nc2c1. The van der Waals surface area contributed by atoms with E-state index in [9.17, 15) is 0 Å². The predicted octanol–water partition coefficient (Wildman–Crippen LogP) is 4.08. The Morgan fingerprint density at radius 3 is 2.67 bits per heavy atom. The topological polar surface area (TPSA) is 37.9 Å². The van der Waals surface area contributed by atoms with Crippen LogP contribution in [0.1, 0.15) is 26.3 Å². The van der Waals surface area contributed by atoms with Gasteiger partial charge in [-0.3, -0.25) is 5.10 Å². The van der Waals surface area contributed by atoms with Crippen LogP contribution in [0.4, 0.5) is 0 Å². The Bertz CT molecular complexity index is 540. The van der Waals surface area contributed by atoms with Gasteiger partial charge in [-0.15, -0.1) is 0 Å². The molecule has 0 saturated heterocycles. The van der Waals surface area contributed by atoms with E-state index in [1.165, 1.54) is 5.56 Å². The van der Waals surface area contributed by atoms with Crippen LogP contribution in [0.15, 0.2) is 24.4 Å². The third-order valence-electron chi connectivity index (χ3n) is 3.91. The lowest BCUT2D eigenvalue weighted by Crippen LogP contribution is -2.40. The Labute approximate surface area is 110 Å². The highest BCUT2D eigenvalue weighted by Gasteiger charge is 2.36. The molecule has 0 aliphatic rings. The van der Waals surface area contributed by atoms with Crippen LogP contribution in [0.2, 0.25) is 18.1 Å². The van der Waals surface area contributed by atoms with E-state index in [2.05, 4.69) is 62.3 Å². The number of benzene rings is 1. The molecule has 0 aliphatic heterocycles. The number of nitrogens with one attached hydrogen (secondary N) is 1. The van der Waals surface area contributed by atoms with Crippen LogP contribution >= 0.6 is 0 Å². The second-order valence-corrected chi connectivity index (χ2v) is 11.1. The fraction of sp³-hybridized carbons (Fsp3) is 0.500. The maximum absolute atomic E-state index is 6.21. The Morgan fingerprint density at radius 1 is 1.28 bits per heavy atom. The quantitative estimate of drug-likeness (QED) is 0.846. The van der Waals surface area contributed by atoms with Gasteiger partial charge in [0.15, 0.2) is 8.32 Å². The molecule has 1 heterocycles. The second kappa shape index (κ2) is 4.52. The van der Waals surface area contributed by atoms with Crippen molar-refractivity contribution in [1.29, 1.82) is 0 Å². The Kier molecular flexibility index (Phi) is 3.34. The molecule has 0 saturated carbocycles. The molecule has 1 N–H and O–H groups in total. The van der Waals surface area contributed by atoms with E-state index in [1.54, 1.807) is 0 Å². The van der Waals surface area contributed by atoms with Crippen molar-refractivity contribution in [2.75, 3.05) is 0 Å². The van der Waals surface area contributed by atoms with E-state index in [4.69, 9.17) is 4.43 Å². The maximum Gasteiger partial charge on any atom is 0.192 e. The number of fused-ring (bicyclic) bond motifs is 1. The molecule has 3 nitrogen and oxygen atoms in total. The number of hydrogen-bond acceptors (Lipinski definition) is 2. The molecule has 0 aliphatic carbocycles. The minimum Gasteiger partial charge on any atom is -0.413 e. The summed E-state index contributed by atoms with van der Waals surface area (Å²) in [7, 11) is -1.67. The van der Waals surface area contributed by atoms with Crippen LogP contribution in [-0.2, 0) is 11.0 Å². The zero-order valence-corrected chi connectivity index (χ0v) is 12.9. The summed E-state index contributed by atoms with van der Waals surface area (Å²) in [6, 6.07) is 6.30. The van der Waals surface area contributed by atoms with Crippen LogP contribution in [0.3, 0.4) is 0 Å². The molecule has 0 atom stereocenters. The summed E-state index contributed by atoms with van der Waals surface area (Å²) in [4.78, 5) is 0. The molecule has 1 aromatic carbocycles. The number of aromatic amines is 1. The van der Waals surface area contributed by atoms with Gasteiger partial charge in [0.1, 0.15) is 0 Å². The highest BCUT2D eigenvalue weighted by molar-refractivity contribution is 6.74. The van der Waals surface area contributed by atoms with Crippen LogP contribution in [0.5, 0.6) is 0 Å². The summed E-state index contributed by atoms with van der Waals surface area (Å²) in [5.41, 5.74) is 2.20. The highest BCUT2D eigenvalue weighted by atomic mass is 28.4. The Hall–Kier alpha value is -1.13. The van der Waals surface area contributed by atoms with Crippen molar-refractivity contribution in [3.63, 3.8) is 0 Å². The van der Waals surface area contributed by atoms with Gasteiger partial charge in [0, 0.05) is 11.6 Å². The normalized spacial score (nSPS) is 13.2. The first-order valence-electron chi connectivity index (χ1n) is 6.36. The monoisotopic (exact) mass is 262 g/mol. The fourth-order valence-electron chi connectivity index (χ4n) is 1.55. The largest absolute Gasteiger partial charge is 0.413 e. The van der Waals surface area contributed by atoms with E-state index in [0.717, 1.165) is 10.9 Å². The van der Waals surface area contributed by atoms with Crippen molar-refractivity contribution < 1.29 is 4.43 Å². The standard InChI is InChI=1S/C14H22N2OSi/c1-14(2,3)18(4,5)17-10-11-6-7-12-9-15-16-13(12)8-11/h6-9H,10H2,1-5H3,(H,15,16). The molecule has 2 rings (SSSR count). The summed E-state index contributed by atoms with van der Waals surface area (Å²) >= 11 is 0. The Balaban J connectivity index is 2.10. The van der Waals surface area contributed by atoms with Gasteiger partial charge in [-0.1, -0.05) is 32.9 Å². The van der Waals surface area contributed by atoms with Crippen molar-refractivity contribution in [2.45, 2.75) is 45.5 Å². The fourth-order valence-corrected chi connectivity index (χ4v) is 2.51. The summed E-state index contributed by atoms with van der Waals surface area (Å²) < 4.78 is 6.21. The van der Waals surface area contributed by atoms with E-state index < -0.39 is 8.32 Å². The lowest BCUT2D eigenvalue weighted by molar-refractivity contribution is 0.276. The lowest BCUT2D eigenvalue weighted by Gasteiger charge is -2.36. The minimum absolute atomic E-state index is 0.253. The molecule has 0 spiro atoms. The van der Waals surface area contributed by atoms with Crippen molar-refractivity contribution in [2.24, 2.45) is 0 Å². The summed E-state index contributed by atoms with van der Waals surface area (Å²) in [6.45, 7) is 12.0. The average Bonchev–Trinajstić information content (AvgIpc) is 2.71. The molecule has 0 radical (unpaired) electrons. The molecule has 0 amide bonds. The summed E-state index contributed by atoms with van der Waals surface area (Å²) in [5.74, 6) is 0. The first-order chi connectivity index (χ1) is 8.29. The molecule has 4 heteroatoms. The van der Waals surface area contributed by atoms with Crippen LogP contribution < -0.4 is 0 Å². The first-order valence-corrected chi connectivity index (χ1v) is 9.27. The maximum atomic E-state index is 6.21. The minimum atomic E-state index is -1.67.